The largest absolute Gasteiger partial charge is 0.461 e. The molecule has 0 aromatic carbocycles. The molecular formula is C14H25NO3. The van der Waals surface area contributed by atoms with Crippen molar-refractivity contribution in [1.82, 2.24) is 5.32 Å². The van der Waals surface area contributed by atoms with Crippen LogP contribution in [0.25, 0.3) is 0 Å². The van der Waals surface area contributed by atoms with Crippen molar-refractivity contribution >= 4 is 5.97 Å². The van der Waals surface area contributed by atoms with Crippen molar-refractivity contribution in [2.75, 3.05) is 19.8 Å². The number of hydrogen-bond donors (Lipinski definition) is 1. The predicted octanol–water partition coefficient (Wildman–Crippen LogP) is 2.06. The molecule has 0 spiro atoms. The fraction of sp³-hybridized carbons (Fsp3) is 0.643. The van der Waals surface area contributed by atoms with Crippen LogP contribution in [0.1, 0.15) is 27.7 Å². The van der Waals surface area contributed by atoms with E-state index < -0.39 is 5.97 Å². The molecule has 0 aromatic heterocycles. The number of nitrogens with one attached hydrogen (secondary N) is 1. The van der Waals surface area contributed by atoms with Crippen LogP contribution in [-0.2, 0) is 14.3 Å². The van der Waals surface area contributed by atoms with Crippen LogP contribution in [0.4, 0.5) is 0 Å². The van der Waals surface area contributed by atoms with Gasteiger partial charge in [0.25, 0.3) is 0 Å². The van der Waals surface area contributed by atoms with Gasteiger partial charge in [0.1, 0.15) is 6.61 Å². The van der Waals surface area contributed by atoms with E-state index in [0.717, 1.165) is 6.08 Å². The number of carbonyl (C=O) groups excluding carboxylic acids is 1. The van der Waals surface area contributed by atoms with Gasteiger partial charge >= 0.3 is 5.97 Å². The van der Waals surface area contributed by atoms with Crippen LogP contribution in [0.3, 0.4) is 0 Å². The second-order valence-electron chi connectivity index (χ2n) is 5.51. The van der Waals surface area contributed by atoms with Crippen LogP contribution in [-0.4, -0.2) is 36.9 Å². The summed E-state index contributed by atoms with van der Waals surface area (Å²) in [7, 11) is 0. The highest BCUT2D eigenvalue weighted by atomic mass is 16.5. The van der Waals surface area contributed by atoms with E-state index in [0.29, 0.717) is 13.2 Å². The van der Waals surface area contributed by atoms with E-state index in [-0.39, 0.29) is 17.7 Å². The molecule has 0 amide bonds. The Morgan fingerprint density at radius 2 is 1.72 bits per heavy atom. The molecule has 0 bridgehead atoms. The Labute approximate surface area is 110 Å². The Hall–Kier alpha value is -1.13. The van der Waals surface area contributed by atoms with E-state index in [2.05, 4.69) is 18.5 Å². The van der Waals surface area contributed by atoms with Gasteiger partial charge in [0, 0.05) is 17.2 Å². The lowest BCUT2D eigenvalue weighted by Crippen LogP contribution is -2.56. The molecule has 0 aliphatic carbocycles. The fourth-order valence-corrected chi connectivity index (χ4v) is 1.70. The number of esters is 1. The Bertz CT molecular complexity index is 295. The number of carbonyl (C=O) groups is 1. The van der Waals surface area contributed by atoms with Gasteiger partial charge in [0.15, 0.2) is 0 Å². The summed E-state index contributed by atoms with van der Waals surface area (Å²) in [5.41, 5.74) is -0.549. The normalized spacial score (nSPS) is 12.0. The van der Waals surface area contributed by atoms with Crippen molar-refractivity contribution in [2.24, 2.45) is 0 Å². The number of hydrogen-bond acceptors (Lipinski definition) is 4. The highest BCUT2D eigenvalue weighted by Crippen LogP contribution is 2.12. The molecule has 0 heterocycles. The second-order valence-corrected chi connectivity index (χ2v) is 5.51. The summed E-state index contributed by atoms with van der Waals surface area (Å²) in [4.78, 5) is 11.0. The van der Waals surface area contributed by atoms with E-state index in [9.17, 15) is 4.79 Å². The second kappa shape index (κ2) is 7.34. The third kappa shape index (κ3) is 8.03. The van der Waals surface area contributed by atoms with Gasteiger partial charge in [-0.3, -0.25) is 0 Å². The molecule has 0 saturated heterocycles. The summed E-state index contributed by atoms with van der Waals surface area (Å²) in [5, 5.41) is 3.40. The maximum atomic E-state index is 11.0. The summed E-state index contributed by atoms with van der Waals surface area (Å²) in [6.07, 6.45) is 2.88. The molecule has 4 heteroatoms. The molecule has 0 rings (SSSR count). The van der Waals surface area contributed by atoms with Gasteiger partial charge in [-0.2, -0.15) is 0 Å². The zero-order valence-electron chi connectivity index (χ0n) is 11.9. The van der Waals surface area contributed by atoms with Crippen molar-refractivity contribution in [3.8, 4) is 0 Å². The predicted molar refractivity (Wildman–Crippen MR) is 73.5 cm³/mol. The first-order valence-electron chi connectivity index (χ1n) is 5.99. The van der Waals surface area contributed by atoms with Crippen LogP contribution in [0.5, 0.6) is 0 Å². The molecule has 0 aromatic rings. The molecule has 4 nitrogen and oxygen atoms in total. The maximum Gasteiger partial charge on any atom is 0.330 e. The van der Waals surface area contributed by atoms with Crippen molar-refractivity contribution in [1.29, 1.82) is 0 Å². The summed E-state index contributed by atoms with van der Waals surface area (Å²) in [6.45, 7) is 16.3. The lowest BCUT2D eigenvalue weighted by Gasteiger charge is -2.36. The molecule has 0 fully saturated rings. The van der Waals surface area contributed by atoms with Crippen LogP contribution >= 0.6 is 0 Å². The molecule has 1 N–H and O–H groups in total. The van der Waals surface area contributed by atoms with Crippen LogP contribution < -0.4 is 5.32 Å². The SMILES string of the molecule is C=CCOCC(C)(C)NC(C)(C)COC(=O)C=C. The fourth-order valence-electron chi connectivity index (χ4n) is 1.70. The minimum Gasteiger partial charge on any atom is -0.461 e. The van der Waals surface area contributed by atoms with E-state index in [4.69, 9.17) is 9.47 Å². The van der Waals surface area contributed by atoms with Gasteiger partial charge in [0.05, 0.1) is 13.2 Å². The molecule has 104 valence electrons. The van der Waals surface area contributed by atoms with Crippen molar-refractivity contribution in [2.45, 2.75) is 38.8 Å². The first-order chi connectivity index (χ1) is 8.22. The Balaban J connectivity index is 4.22. The highest BCUT2D eigenvalue weighted by molar-refractivity contribution is 5.81. The van der Waals surface area contributed by atoms with Gasteiger partial charge in [-0.25, -0.2) is 4.79 Å². The van der Waals surface area contributed by atoms with Crippen molar-refractivity contribution < 1.29 is 14.3 Å². The summed E-state index contributed by atoms with van der Waals surface area (Å²) in [5.74, 6) is -0.411. The summed E-state index contributed by atoms with van der Waals surface area (Å²) < 4.78 is 10.5. The first kappa shape index (κ1) is 16.9. The number of rotatable bonds is 9. The summed E-state index contributed by atoms with van der Waals surface area (Å²) >= 11 is 0. The Kier molecular flexibility index (Phi) is 6.88. The molecule has 0 aliphatic heterocycles. The third-order valence-electron chi connectivity index (χ3n) is 2.12. The number of ether oxygens (including phenoxy) is 2. The zero-order chi connectivity index (χ0) is 14.2. The van der Waals surface area contributed by atoms with Crippen molar-refractivity contribution in [3.63, 3.8) is 0 Å². The minimum atomic E-state index is -0.411. The molecular weight excluding hydrogens is 230 g/mol. The van der Waals surface area contributed by atoms with Gasteiger partial charge in [-0.15, -0.1) is 6.58 Å². The van der Waals surface area contributed by atoms with Gasteiger partial charge < -0.3 is 14.8 Å². The topological polar surface area (TPSA) is 47.6 Å². The van der Waals surface area contributed by atoms with Crippen molar-refractivity contribution in [3.05, 3.63) is 25.3 Å². The third-order valence-corrected chi connectivity index (χ3v) is 2.12. The lowest BCUT2D eigenvalue weighted by molar-refractivity contribution is -0.140. The molecule has 0 saturated carbocycles. The van der Waals surface area contributed by atoms with Gasteiger partial charge in [-0.05, 0) is 27.7 Å². The Morgan fingerprint density at radius 1 is 1.17 bits per heavy atom. The molecule has 0 atom stereocenters. The standard InChI is InChI=1S/C14H25NO3/c1-7-9-17-10-13(3,4)15-14(5,6)11-18-12(16)8-2/h7-8,15H,1-2,9-11H2,3-6H3. The maximum absolute atomic E-state index is 11.0. The van der Waals surface area contributed by atoms with E-state index in [1.54, 1.807) is 6.08 Å². The van der Waals surface area contributed by atoms with Crippen LogP contribution in [0.15, 0.2) is 25.3 Å². The zero-order valence-corrected chi connectivity index (χ0v) is 11.9. The highest BCUT2D eigenvalue weighted by Gasteiger charge is 2.28. The molecule has 0 aliphatic rings. The smallest absolute Gasteiger partial charge is 0.330 e. The van der Waals surface area contributed by atoms with Crippen LogP contribution in [0.2, 0.25) is 0 Å². The summed E-state index contributed by atoms with van der Waals surface area (Å²) in [6, 6.07) is 0. The quantitative estimate of drug-likeness (QED) is 0.296. The monoisotopic (exact) mass is 255 g/mol. The van der Waals surface area contributed by atoms with E-state index in [1.807, 2.05) is 27.7 Å². The molecule has 0 unspecified atom stereocenters. The van der Waals surface area contributed by atoms with Gasteiger partial charge in [0.2, 0.25) is 0 Å². The average Bonchev–Trinajstić information content (AvgIpc) is 2.24. The Morgan fingerprint density at radius 3 is 2.22 bits per heavy atom. The lowest BCUT2D eigenvalue weighted by atomic mass is 9.99. The molecule has 18 heavy (non-hydrogen) atoms. The first-order valence-corrected chi connectivity index (χ1v) is 5.99. The van der Waals surface area contributed by atoms with Gasteiger partial charge in [-0.1, -0.05) is 12.7 Å². The van der Waals surface area contributed by atoms with E-state index >= 15 is 0 Å². The van der Waals surface area contributed by atoms with Crippen LogP contribution in [0, 0.1) is 0 Å². The minimum absolute atomic E-state index is 0.215. The average molecular weight is 255 g/mol. The van der Waals surface area contributed by atoms with E-state index in [1.165, 1.54) is 0 Å². The molecule has 0 radical (unpaired) electrons.